The summed E-state index contributed by atoms with van der Waals surface area (Å²) in [6.45, 7) is 6.72. The van der Waals surface area contributed by atoms with Crippen LogP contribution in [0.1, 0.15) is 51.1 Å². The van der Waals surface area contributed by atoms with Crippen LogP contribution in [0.5, 0.6) is 0 Å². The van der Waals surface area contributed by atoms with Gasteiger partial charge in [0.25, 0.3) is 0 Å². The molecule has 1 aliphatic carbocycles. The third kappa shape index (κ3) is 1.90. The van der Waals surface area contributed by atoms with Crippen molar-refractivity contribution in [3.8, 4) is 0 Å². The van der Waals surface area contributed by atoms with Crippen LogP contribution in [-0.2, 0) is 6.54 Å². The van der Waals surface area contributed by atoms with Crippen molar-refractivity contribution < 1.29 is 0 Å². The number of hydrogen-bond acceptors (Lipinski definition) is 2. The van der Waals surface area contributed by atoms with E-state index >= 15 is 0 Å². The lowest BCUT2D eigenvalue weighted by Crippen LogP contribution is -2.54. The fraction of sp³-hybridized carbons (Fsp3) is 0.786. The van der Waals surface area contributed by atoms with Gasteiger partial charge in [0.2, 0.25) is 0 Å². The highest BCUT2D eigenvalue weighted by molar-refractivity contribution is 5.21. The Morgan fingerprint density at radius 1 is 1.47 bits per heavy atom. The van der Waals surface area contributed by atoms with Crippen LogP contribution in [0.15, 0.2) is 12.4 Å². The van der Waals surface area contributed by atoms with E-state index in [1.54, 1.807) is 0 Å². The summed E-state index contributed by atoms with van der Waals surface area (Å²) in [5, 5.41) is 8.10. The number of nitrogens with one attached hydrogen (secondary N) is 1. The second-order valence-corrected chi connectivity index (χ2v) is 6.27. The summed E-state index contributed by atoms with van der Waals surface area (Å²) in [6.07, 6.45) is 9.95. The molecule has 1 atom stereocenters. The molecular weight excluding hydrogens is 210 g/mol. The van der Waals surface area contributed by atoms with Crippen molar-refractivity contribution in [2.24, 2.45) is 11.3 Å². The molecule has 1 saturated heterocycles. The first-order valence-electron chi connectivity index (χ1n) is 6.95. The third-order valence-electron chi connectivity index (χ3n) is 4.41. The van der Waals surface area contributed by atoms with E-state index in [-0.39, 0.29) is 0 Å². The summed E-state index contributed by atoms with van der Waals surface area (Å²) in [5.74, 6) is 0.664. The van der Waals surface area contributed by atoms with E-state index in [1.807, 2.05) is 0 Å². The standard InChI is InChI=1S/C14H23N3/c1-11(2)8-17-9-12(7-16-17)13-14(10-15-13)5-3-4-6-14/h7,9,11,13,15H,3-6,8,10H2,1-2H3/t13-/m1/s1. The molecule has 0 bridgehead atoms. The lowest BCUT2D eigenvalue weighted by atomic mass is 9.70. The Balaban J connectivity index is 1.74. The summed E-state index contributed by atoms with van der Waals surface area (Å²) in [4.78, 5) is 0. The van der Waals surface area contributed by atoms with Crippen molar-refractivity contribution in [1.82, 2.24) is 15.1 Å². The summed E-state index contributed by atoms with van der Waals surface area (Å²) < 4.78 is 2.10. The molecule has 17 heavy (non-hydrogen) atoms. The normalized spacial score (nSPS) is 26.6. The molecule has 0 aromatic carbocycles. The summed E-state index contributed by atoms with van der Waals surface area (Å²) in [7, 11) is 0. The van der Waals surface area contributed by atoms with E-state index in [1.165, 1.54) is 37.8 Å². The molecular formula is C14H23N3. The van der Waals surface area contributed by atoms with Crippen molar-refractivity contribution in [2.75, 3.05) is 6.54 Å². The Hall–Kier alpha value is -0.830. The van der Waals surface area contributed by atoms with Crippen molar-refractivity contribution >= 4 is 0 Å². The van der Waals surface area contributed by atoms with Gasteiger partial charge in [0.15, 0.2) is 0 Å². The lowest BCUT2D eigenvalue weighted by Gasteiger charge is -2.48. The average Bonchev–Trinajstić information content (AvgIpc) is 2.85. The van der Waals surface area contributed by atoms with Gasteiger partial charge in [-0.15, -0.1) is 0 Å². The maximum atomic E-state index is 4.49. The zero-order chi connectivity index (χ0) is 11.9. The molecule has 1 aromatic heterocycles. The fourth-order valence-corrected chi connectivity index (χ4v) is 3.51. The van der Waals surface area contributed by atoms with Gasteiger partial charge >= 0.3 is 0 Å². The molecule has 3 rings (SSSR count). The largest absolute Gasteiger partial charge is 0.309 e. The smallest absolute Gasteiger partial charge is 0.0537 e. The minimum atomic E-state index is 0.575. The summed E-state index contributed by atoms with van der Waals surface area (Å²) in [6, 6.07) is 0.575. The molecule has 0 amide bonds. The highest BCUT2D eigenvalue weighted by Crippen LogP contribution is 2.52. The molecule has 3 heteroatoms. The van der Waals surface area contributed by atoms with E-state index < -0.39 is 0 Å². The van der Waals surface area contributed by atoms with Gasteiger partial charge < -0.3 is 5.32 Å². The molecule has 1 saturated carbocycles. The Bertz CT molecular complexity index is 388. The Morgan fingerprint density at radius 2 is 2.24 bits per heavy atom. The van der Waals surface area contributed by atoms with Gasteiger partial charge in [-0.25, -0.2) is 0 Å². The molecule has 0 unspecified atom stereocenters. The molecule has 2 fully saturated rings. The monoisotopic (exact) mass is 233 g/mol. The van der Waals surface area contributed by atoms with Crippen molar-refractivity contribution in [1.29, 1.82) is 0 Å². The molecule has 1 N–H and O–H groups in total. The summed E-state index contributed by atoms with van der Waals surface area (Å²) >= 11 is 0. The molecule has 2 aliphatic rings. The Labute approximate surface area is 104 Å². The maximum Gasteiger partial charge on any atom is 0.0537 e. The van der Waals surface area contributed by atoms with E-state index in [0.29, 0.717) is 17.4 Å². The van der Waals surface area contributed by atoms with Crippen LogP contribution in [0.4, 0.5) is 0 Å². The van der Waals surface area contributed by atoms with Gasteiger partial charge in [0.1, 0.15) is 0 Å². The van der Waals surface area contributed by atoms with E-state index in [4.69, 9.17) is 0 Å². The quantitative estimate of drug-likeness (QED) is 0.870. The van der Waals surface area contributed by atoms with Gasteiger partial charge in [-0.05, 0) is 18.8 Å². The van der Waals surface area contributed by atoms with Crippen molar-refractivity contribution in [2.45, 2.75) is 52.1 Å². The number of rotatable bonds is 3. The molecule has 1 aliphatic heterocycles. The number of nitrogens with zero attached hydrogens (tertiary/aromatic N) is 2. The van der Waals surface area contributed by atoms with Crippen LogP contribution in [0.25, 0.3) is 0 Å². The number of aromatic nitrogens is 2. The summed E-state index contributed by atoms with van der Waals surface area (Å²) in [5.41, 5.74) is 1.98. The maximum absolute atomic E-state index is 4.49. The van der Waals surface area contributed by atoms with Gasteiger partial charge in [-0.2, -0.15) is 5.10 Å². The van der Waals surface area contributed by atoms with Crippen molar-refractivity contribution in [3.05, 3.63) is 18.0 Å². The number of hydrogen-bond donors (Lipinski definition) is 1. The Kier molecular flexibility index (Phi) is 2.74. The van der Waals surface area contributed by atoms with Gasteiger partial charge in [0, 0.05) is 36.3 Å². The molecule has 3 nitrogen and oxygen atoms in total. The second kappa shape index (κ2) is 4.13. The van der Waals surface area contributed by atoms with Crippen LogP contribution >= 0.6 is 0 Å². The van der Waals surface area contributed by atoms with Crippen LogP contribution in [0.3, 0.4) is 0 Å². The van der Waals surface area contributed by atoms with Gasteiger partial charge in [0.05, 0.1) is 6.20 Å². The highest BCUT2D eigenvalue weighted by Gasteiger charge is 2.48. The lowest BCUT2D eigenvalue weighted by molar-refractivity contribution is 0.0893. The predicted octanol–water partition coefficient (Wildman–Crippen LogP) is 2.74. The van der Waals surface area contributed by atoms with E-state index in [0.717, 1.165) is 6.54 Å². The SMILES string of the molecule is CC(C)Cn1cc([C@H]2NCC23CCCC3)cn1. The molecule has 94 valence electrons. The van der Waals surface area contributed by atoms with Gasteiger partial charge in [-0.1, -0.05) is 26.7 Å². The highest BCUT2D eigenvalue weighted by atomic mass is 15.3. The first-order chi connectivity index (χ1) is 8.20. The molecule has 0 radical (unpaired) electrons. The van der Waals surface area contributed by atoms with Gasteiger partial charge in [-0.3, -0.25) is 4.68 Å². The zero-order valence-electron chi connectivity index (χ0n) is 10.9. The zero-order valence-corrected chi connectivity index (χ0v) is 10.9. The molecule has 1 spiro atoms. The third-order valence-corrected chi connectivity index (χ3v) is 4.41. The predicted molar refractivity (Wildman–Crippen MR) is 68.7 cm³/mol. The van der Waals surface area contributed by atoms with Crippen LogP contribution in [0.2, 0.25) is 0 Å². The fourth-order valence-electron chi connectivity index (χ4n) is 3.51. The molecule has 2 heterocycles. The van der Waals surface area contributed by atoms with Crippen LogP contribution in [-0.4, -0.2) is 16.3 Å². The minimum Gasteiger partial charge on any atom is -0.309 e. The van der Waals surface area contributed by atoms with Crippen LogP contribution in [0, 0.1) is 11.3 Å². The van der Waals surface area contributed by atoms with Crippen molar-refractivity contribution in [3.63, 3.8) is 0 Å². The average molecular weight is 233 g/mol. The van der Waals surface area contributed by atoms with E-state index in [2.05, 4.69) is 41.3 Å². The molecule has 1 aromatic rings. The topological polar surface area (TPSA) is 29.9 Å². The first-order valence-corrected chi connectivity index (χ1v) is 6.95. The minimum absolute atomic E-state index is 0.575. The Morgan fingerprint density at radius 3 is 2.82 bits per heavy atom. The second-order valence-electron chi connectivity index (χ2n) is 6.27. The van der Waals surface area contributed by atoms with Crippen LogP contribution < -0.4 is 5.32 Å². The van der Waals surface area contributed by atoms with E-state index in [9.17, 15) is 0 Å². The first kappa shape index (κ1) is 11.3.